The highest BCUT2D eigenvalue weighted by atomic mass is 33.1. The molecule has 3 aromatic carbocycles. The molecule has 0 radical (unpaired) electrons. The molecule has 4 aromatic rings. The van der Waals surface area contributed by atoms with E-state index >= 15 is 0 Å². The second-order valence-electron chi connectivity index (χ2n) is 18.9. The minimum absolute atomic E-state index is 0.0145. The van der Waals surface area contributed by atoms with Crippen LogP contribution in [-0.4, -0.2) is 124 Å². The third-order valence-corrected chi connectivity index (χ3v) is 17.2. The predicted octanol–water partition coefficient (Wildman–Crippen LogP) is 8.05. The number of para-hydroxylation sites is 1. The molecule has 76 heavy (non-hydrogen) atoms. The second kappa shape index (κ2) is 33.1. The molecule has 4 unspecified atom stereocenters. The number of hydroxylamine groups is 1. The average molecular weight is 1100 g/mol. The van der Waals surface area contributed by atoms with Crippen molar-refractivity contribution in [3.05, 3.63) is 118 Å². The lowest BCUT2D eigenvalue weighted by molar-refractivity contribution is -0.124. The Morgan fingerprint density at radius 2 is 1.58 bits per heavy atom. The van der Waals surface area contributed by atoms with Gasteiger partial charge in [0.25, 0.3) is 11.8 Å². The van der Waals surface area contributed by atoms with Crippen LogP contribution in [0.3, 0.4) is 0 Å². The number of unbranched alkanes of at least 4 members (excludes halogenated alkanes) is 5. The van der Waals surface area contributed by atoms with Crippen LogP contribution in [0.1, 0.15) is 104 Å². The predicted molar refractivity (Wildman–Crippen MR) is 304 cm³/mol. The van der Waals surface area contributed by atoms with Crippen LogP contribution >= 0.6 is 33.3 Å². The summed E-state index contributed by atoms with van der Waals surface area (Å²) in [5, 5.41) is 31.7. The molecule has 2 aliphatic heterocycles. The number of H-pyrrole nitrogens is 1. The highest BCUT2D eigenvalue weighted by molar-refractivity contribution is 8.76. The number of hydrogen-bond donors (Lipinski definition) is 9. The van der Waals surface area contributed by atoms with Gasteiger partial charge in [0.1, 0.15) is 6.04 Å². The summed E-state index contributed by atoms with van der Waals surface area (Å²) >= 11 is 1.87. The van der Waals surface area contributed by atoms with Gasteiger partial charge in [0.15, 0.2) is 0 Å². The van der Waals surface area contributed by atoms with E-state index in [0.717, 1.165) is 87.8 Å². The number of aromatic nitrogens is 1. The van der Waals surface area contributed by atoms with Crippen molar-refractivity contribution in [3.63, 3.8) is 0 Å². The van der Waals surface area contributed by atoms with Crippen molar-refractivity contribution in [2.45, 2.75) is 113 Å². The minimum Gasteiger partial charge on any atom is -0.361 e. The van der Waals surface area contributed by atoms with Crippen LogP contribution in [0, 0.1) is 0 Å². The van der Waals surface area contributed by atoms with Gasteiger partial charge in [-0.1, -0.05) is 101 Å². The first kappa shape index (κ1) is 59.1. The zero-order valence-corrected chi connectivity index (χ0v) is 45.4. The van der Waals surface area contributed by atoms with Gasteiger partial charge in [-0.15, -0.1) is 0 Å². The maximum Gasteiger partial charge on any atom is 0.315 e. The summed E-state index contributed by atoms with van der Waals surface area (Å²) in [4.78, 5) is 83.4. The fourth-order valence-electron chi connectivity index (χ4n) is 9.12. The standard InChI is InChI=1S/C54H72N12O7S3/c55-65-63-42-23-21-40(22-24-42)52(70)60-45(13-7-9-29-56-48(67)15-6-5-14-47-51-46(37-74-47)61-54(72)62-51)53(71)58-30-34-76-75-33-27-49(68)57-28-8-1-2-10-31-66(32-26-41-35-59-44-12-4-3-11-43(41)44)36-39-18-16-38(17-19-39)20-25-50(69)64-73/h3-4,11-12,16-25,35,45-47,51,59,73H,1-2,5-10,13-15,26-34,36-37H2,(H,56,67)(H,57,68)(H,58,71)(H,60,70)(H,64,69)(H2,61,62,72)/b25-20+. The molecule has 7 amide bonds. The lowest BCUT2D eigenvalue weighted by Gasteiger charge is -2.22. The Balaban J connectivity index is 0.821. The minimum atomic E-state index is -0.804. The van der Waals surface area contributed by atoms with Crippen LogP contribution in [0.2, 0.25) is 0 Å². The number of urea groups is 1. The van der Waals surface area contributed by atoms with Crippen molar-refractivity contribution in [1.82, 2.24) is 47.3 Å². The molecule has 0 saturated carbocycles. The monoisotopic (exact) mass is 1100 g/mol. The van der Waals surface area contributed by atoms with Crippen LogP contribution in [0.4, 0.5) is 10.5 Å². The highest BCUT2D eigenvalue weighted by Crippen LogP contribution is 2.33. The summed E-state index contributed by atoms with van der Waals surface area (Å²) in [6, 6.07) is 22.0. The van der Waals surface area contributed by atoms with E-state index in [4.69, 9.17) is 10.7 Å². The van der Waals surface area contributed by atoms with Crippen molar-refractivity contribution in [2.75, 3.05) is 50.0 Å². The molecule has 2 saturated heterocycles. The van der Waals surface area contributed by atoms with Crippen LogP contribution in [0.15, 0.2) is 90.2 Å². The Bertz CT molecular complexity index is 2580. The van der Waals surface area contributed by atoms with Crippen LogP contribution in [-0.2, 0) is 32.1 Å². The Labute approximate surface area is 456 Å². The molecule has 19 nitrogen and oxygen atoms in total. The van der Waals surface area contributed by atoms with Crippen molar-refractivity contribution < 1.29 is 34.0 Å². The van der Waals surface area contributed by atoms with E-state index in [1.807, 2.05) is 30.0 Å². The van der Waals surface area contributed by atoms with Crippen molar-refractivity contribution >= 4 is 91.6 Å². The number of carbonyl (C=O) groups is 6. The highest BCUT2D eigenvalue weighted by Gasteiger charge is 2.42. The van der Waals surface area contributed by atoms with E-state index in [0.29, 0.717) is 79.7 Å². The van der Waals surface area contributed by atoms with E-state index in [9.17, 15) is 28.8 Å². The first-order valence-corrected chi connectivity index (χ1v) is 29.8. The van der Waals surface area contributed by atoms with Gasteiger partial charge in [-0.05, 0) is 104 Å². The summed E-state index contributed by atoms with van der Waals surface area (Å²) < 4.78 is 0. The Hall–Kier alpha value is -6.16. The number of thioether (sulfide) groups is 1. The molecule has 6 rings (SSSR count). The number of benzene rings is 3. The lowest BCUT2D eigenvalue weighted by atomic mass is 10.0. The van der Waals surface area contributed by atoms with Gasteiger partial charge in [0.05, 0.1) is 12.1 Å². The quantitative estimate of drug-likeness (QED) is 0.00245. The molecule has 3 heterocycles. The third kappa shape index (κ3) is 20.8. The van der Waals surface area contributed by atoms with Crippen LogP contribution < -0.4 is 37.4 Å². The number of azide groups is 1. The normalized spacial score (nSPS) is 16.1. The molecule has 2 fully saturated rings. The zero-order chi connectivity index (χ0) is 53.7. The molecule has 9 N–H and O–H groups in total. The van der Waals surface area contributed by atoms with Gasteiger partial charge in [-0.2, -0.15) is 11.8 Å². The van der Waals surface area contributed by atoms with Gasteiger partial charge < -0.3 is 36.9 Å². The Morgan fingerprint density at radius 3 is 2.37 bits per heavy atom. The number of carbonyl (C=O) groups excluding carboxylic acids is 6. The fourth-order valence-corrected chi connectivity index (χ4v) is 12.6. The topological polar surface area (TPSA) is 275 Å². The molecule has 0 aliphatic carbocycles. The molecule has 1 aromatic heterocycles. The lowest BCUT2D eigenvalue weighted by Crippen LogP contribution is -2.47. The second-order valence-corrected chi connectivity index (χ2v) is 22.8. The first-order valence-electron chi connectivity index (χ1n) is 26.3. The number of amides is 7. The summed E-state index contributed by atoms with van der Waals surface area (Å²) in [6.07, 6.45) is 15.0. The van der Waals surface area contributed by atoms with Gasteiger partial charge >= 0.3 is 6.03 Å². The molecule has 22 heteroatoms. The largest absolute Gasteiger partial charge is 0.361 e. The van der Waals surface area contributed by atoms with Gasteiger partial charge in [0.2, 0.25) is 17.7 Å². The van der Waals surface area contributed by atoms with Crippen LogP contribution in [0.5, 0.6) is 0 Å². The number of rotatable bonds is 35. The van der Waals surface area contributed by atoms with Gasteiger partial charge in [-0.3, -0.25) is 34.1 Å². The van der Waals surface area contributed by atoms with Crippen molar-refractivity contribution in [3.8, 4) is 0 Å². The maximum absolute atomic E-state index is 13.4. The Kier molecular flexibility index (Phi) is 25.7. The SMILES string of the molecule is [N-]=[N+]=Nc1ccc(C(=O)NC(CCCCNC(=O)CCCCC2SCC3NC(=O)NC32)C(=O)NCCSSCCC(=O)NCCCCCCN(CCc2c[nH]c3ccccc23)Cc2ccc(/C=C/C(=O)NO)cc2)cc1. The first-order chi connectivity index (χ1) is 37.1. The summed E-state index contributed by atoms with van der Waals surface area (Å²) in [5.74, 6) is 0.828. The average Bonchev–Trinajstić information content (AvgIpc) is 4.14. The maximum atomic E-state index is 13.4. The fraction of sp³-hybridized carbons (Fsp3) is 0.481. The molecule has 0 bridgehead atoms. The van der Waals surface area contributed by atoms with Gasteiger partial charge in [-0.25, -0.2) is 10.3 Å². The van der Waals surface area contributed by atoms with Crippen molar-refractivity contribution in [2.24, 2.45) is 5.11 Å². The third-order valence-electron chi connectivity index (χ3n) is 13.2. The van der Waals surface area contributed by atoms with E-state index in [1.165, 1.54) is 46.9 Å². The molecular formula is C54H72N12O7S3. The number of nitrogens with one attached hydrogen (secondary N) is 8. The number of hydrogen-bond acceptors (Lipinski definition) is 12. The zero-order valence-electron chi connectivity index (χ0n) is 42.9. The van der Waals surface area contributed by atoms with Gasteiger partial charge in [0, 0.05) is 107 Å². The number of fused-ring (bicyclic) bond motifs is 2. The van der Waals surface area contributed by atoms with E-state index in [1.54, 1.807) is 33.1 Å². The van der Waals surface area contributed by atoms with Crippen molar-refractivity contribution in [1.29, 1.82) is 0 Å². The molecule has 2 aliphatic rings. The molecule has 0 spiro atoms. The summed E-state index contributed by atoms with van der Waals surface area (Å²) in [7, 11) is 3.14. The summed E-state index contributed by atoms with van der Waals surface area (Å²) in [6.45, 7) is 4.09. The van der Waals surface area contributed by atoms with E-state index < -0.39 is 17.9 Å². The number of nitrogens with zero attached hydrogens (tertiary/aromatic N) is 4. The van der Waals surface area contributed by atoms with E-state index in [-0.39, 0.29) is 35.8 Å². The molecule has 408 valence electrons. The van der Waals surface area contributed by atoms with E-state index in [2.05, 4.69) is 88.3 Å². The summed E-state index contributed by atoms with van der Waals surface area (Å²) in [5.41, 5.74) is 15.5. The van der Waals surface area contributed by atoms with Crippen LogP contribution in [0.25, 0.3) is 27.4 Å². The molecular weight excluding hydrogens is 1020 g/mol. The molecule has 4 atom stereocenters. The number of aromatic amines is 1. The Morgan fingerprint density at radius 1 is 0.829 bits per heavy atom. The smallest absolute Gasteiger partial charge is 0.315 e.